The maximum absolute atomic E-state index is 10.2. The first-order chi connectivity index (χ1) is 5.61. The van der Waals surface area contributed by atoms with Crippen molar-refractivity contribution >= 4 is 11.9 Å². The number of aromatic carboxylic acids is 2. The fraction of sp³-hybridized carbons (Fsp3) is 0. The van der Waals surface area contributed by atoms with E-state index in [1.807, 2.05) is 0 Å². The topological polar surface area (TPSA) is 80.3 Å². The Kier molecular flexibility index (Phi) is 7.50. The van der Waals surface area contributed by atoms with Crippen LogP contribution in [0.15, 0.2) is 24.3 Å². The third-order valence-electron chi connectivity index (χ3n) is 1.36. The number of carbonyl (C=O) groups excluding carboxylic acids is 2. The van der Waals surface area contributed by atoms with E-state index in [1.54, 1.807) is 0 Å². The molecule has 6 heteroatoms. The van der Waals surface area contributed by atoms with Crippen molar-refractivity contribution in [3.63, 3.8) is 0 Å². The molecule has 1 rings (SSSR count). The quantitative estimate of drug-likeness (QED) is 0.506. The molecule has 0 aromatic heterocycles. The first kappa shape index (κ1) is 15.7. The van der Waals surface area contributed by atoms with E-state index in [2.05, 4.69) is 0 Å². The van der Waals surface area contributed by atoms with E-state index in [0.717, 1.165) is 24.3 Å². The standard InChI is InChI=1S/C8H6O4.BrH.Ru/c9-7(10)5-1-2-6(4-3-5)8(11)12;;/h1-4H,(H,9,10)(H,11,12);1H;/q;;+3/p-3. The van der Waals surface area contributed by atoms with Crippen LogP contribution in [0.2, 0.25) is 0 Å². The van der Waals surface area contributed by atoms with E-state index in [9.17, 15) is 19.8 Å². The first-order valence-corrected chi connectivity index (χ1v) is 3.14. The van der Waals surface area contributed by atoms with Gasteiger partial charge in [0, 0.05) is 0 Å². The normalized spacial score (nSPS) is 8.00. The van der Waals surface area contributed by atoms with Crippen LogP contribution in [0, 0.1) is 0 Å². The smallest absolute Gasteiger partial charge is 1.00 e. The number of benzene rings is 1. The Morgan fingerprint density at radius 2 is 1.07 bits per heavy atom. The second kappa shape index (κ2) is 6.68. The molecule has 0 heterocycles. The van der Waals surface area contributed by atoms with Gasteiger partial charge in [0.2, 0.25) is 0 Å². The van der Waals surface area contributed by atoms with Crippen LogP contribution in [0.5, 0.6) is 0 Å². The molecule has 0 aliphatic rings. The van der Waals surface area contributed by atoms with Gasteiger partial charge in [0.1, 0.15) is 0 Å². The Labute approximate surface area is 103 Å². The molecule has 1 aromatic carbocycles. The number of rotatable bonds is 2. The van der Waals surface area contributed by atoms with Crippen LogP contribution in [0.3, 0.4) is 0 Å². The van der Waals surface area contributed by atoms with Gasteiger partial charge in [-0.05, 0) is 11.1 Å². The van der Waals surface area contributed by atoms with Crippen molar-refractivity contribution in [3.8, 4) is 0 Å². The molecule has 0 spiro atoms. The Bertz CT molecular complexity index is 290. The number of halogens is 1. The minimum absolute atomic E-state index is 0. The third kappa shape index (κ3) is 3.98. The second-order valence-electron chi connectivity index (χ2n) is 2.15. The number of carbonyl (C=O) groups is 2. The summed E-state index contributed by atoms with van der Waals surface area (Å²) < 4.78 is 0. The SMILES string of the molecule is O=C([O-])c1ccc(C(=O)[O-])cc1.[Br-].[Ru+3]. The van der Waals surface area contributed by atoms with Gasteiger partial charge in [0.15, 0.2) is 0 Å². The predicted octanol–water partition coefficient (Wildman–Crippen LogP) is -4.58. The van der Waals surface area contributed by atoms with Crippen LogP contribution in [-0.2, 0) is 19.5 Å². The van der Waals surface area contributed by atoms with Gasteiger partial charge in [0.25, 0.3) is 0 Å². The molecule has 1 radical (unpaired) electrons. The summed E-state index contributed by atoms with van der Waals surface area (Å²) in [5.41, 5.74) is -0.111. The van der Waals surface area contributed by atoms with Gasteiger partial charge in [-0.3, -0.25) is 0 Å². The number of carboxylic acids is 2. The molecular weight excluding hydrogens is 341 g/mol. The summed E-state index contributed by atoms with van der Waals surface area (Å²) in [7, 11) is 0. The average Bonchev–Trinajstić information content (AvgIpc) is 2.04. The van der Waals surface area contributed by atoms with Crippen molar-refractivity contribution < 1.29 is 56.3 Å². The van der Waals surface area contributed by atoms with Crippen LogP contribution in [0.25, 0.3) is 0 Å². The number of hydrogen-bond donors (Lipinski definition) is 0. The zero-order chi connectivity index (χ0) is 9.14. The second-order valence-corrected chi connectivity index (χ2v) is 2.15. The predicted molar refractivity (Wildman–Crippen MR) is 35.1 cm³/mol. The van der Waals surface area contributed by atoms with Crippen molar-refractivity contribution in [2.75, 3.05) is 0 Å². The summed E-state index contributed by atoms with van der Waals surface area (Å²) in [5, 5.41) is 20.4. The molecule has 1 aromatic rings. The van der Waals surface area contributed by atoms with Crippen molar-refractivity contribution in [3.05, 3.63) is 35.4 Å². The summed E-state index contributed by atoms with van der Waals surface area (Å²) in [6, 6.07) is 4.61. The fourth-order valence-corrected chi connectivity index (χ4v) is 0.742. The molecule has 0 saturated carbocycles. The van der Waals surface area contributed by atoms with Gasteiger partial charge in [-0.1, -0.05) is 24.3 Å². The maximum Gasteiger partial charge on any atom is 3.00 e. The van der Waals surface area contributed by atoms with Gasteiger partial charge in [0.05, 0.1) is 11.9 Å². The van der Waals surface area contributed by atoms with E-state index < -0.39 is 11.9 Å². The molecule has 0 bridgehead atoms. The van der Waals surface area contributed by atoms with E-state index >= 15 is 0 Å². The molecule has 4 nitrogen and oxygen atoms in total. The Balaban J connectivity index is 0. The Morgan fingerprint density at radius 1 is 0.857 bits per heavy atom. The van der Waals surface area contributed by atoms with Crippen LogP contribution >= 0.6 is 0 Å². The molecule has 0 aliphatic carbocycles. The van der Waals surface area contributed by atoms with Gasteiger partial charge in [-0.2, -0.15) is 0 Å². The minimum Gasteiger partial charge on any atom is -1.00 e. The number of carboxylic acid groups (broad SMARTS) is 2. The Hall–Kier alpha value is -0.737. The monoisotopic (exact) mass is 345 g/mol. The molecular formula is C8H4BrO4Ru. The van der Waals surface area contributed by atoms with Crippen LogP contribution in [-0.4, -0.2) is 11.9 Å². The van der Waals surface area contributed by atoms with Gasteiger partial charge in [-0.25, -0.2) is 0 Å². The molecule has 0 saturated heterocycles. The first-order valence-electron chi connectivity index (χ1n) is 3.14. The molecule has 0 aliphatic heterocycles. The number of hydrogen-bond acceptors (Lipinski definition) is 4. The maximum atomic E-state index is 10.2. The summed E-state index contributed by atoms with van der Waals surface area (Å²) in [5.74, 6) is -2.67. The zero-order valence-corrected chi connectivity index (χ0v) is 10.00. The van der Waals surface area contributed by atoms with Crippen molar-refractivity contribution in [1.29, 1.82) is 0 Å². The van der Waals surface area contributed by atoms with Gasteiger partial charge in [-0.15, -0.1) is 0 Å². The largest absolute Gasteiger partial charge is 3.00 e. The molecule has 14 heavy (non-hydrogen) atoms. The summed E-state index contributed by atoms with van der Waals surface area (Å²) in [6.07, 6.45) is 0. The van der Waals surface area contributed by atoms with E-state index in [4.69, 9.17) is 0 Å². The average molecular weight is 345 g/mol. The summed E-state index contributed by atoms with van der Waals surface area (Å²) in [6.45, 7) is 0. The van der Waals surface area contributed by atoms with Crippen LogP contribution in [0.4, 0.5) is 0 Å². The van der Waals surface area contributed by atoms with Crippen molar-refractivity contribution in [2.45, 2.75) is 0 Å². The van der Waals surface area contributed by atoms with Crippen LogP contribution < -0.4 is 27.2 Å². The molecule has 0 atom stereocenters. The van der Waals surface area contributed by atoms with E-state index in [1.165, 1.54) is 0 Å². The molecule has 0 N–H and O–H groups in total. The molecule has 0 fully saturated rings. The molecule has 75 valence electrons. The van der Waals surface area contributed by atoms with E-state index in [0.29, 0.717) is 0 Å². The van der Waals surface area contributed by atoms with Crippen molar-refractivity contribution in [2.24, 2.45) is 0 Å². The van der Waals surface area contributed by atoms with Crippen molar-refractivity contribution in [1.82, 2.24) is 0 Å². The Morgan fingerprint density at radius 3 is 1.21 bits per heavy atom. The minimum atomic E-state index is -1.33. The van der Waals surface area contributed by atoms with E-state index in [-0.39, 0.29) is 47.6 Å². The molecule has 0 unspecified atom stereocenters. The fourth-order valence-electron chi connectivity index (χ4n) is 0.742. The molecule has 0 amide bonds. The summed E-state index contributed by atoms with van der Waals surface area (Å²) in [4.78, 5) is 20.4. The van der Waals surface area contributed by atoms with Gasteiger partial charge >= 0.3 is 19.5 Å². The zero-order valence-electron chi connectivity index (χ0n) is 6.67. The summed E-state index contributed by atoms with van der Waals surface area (Å²) >= 11 is 0. The van der Waals surface area contributed by atoms with Crippen LogP contribution in [0.1, 0.15) is 20.7 Å². The third-order valence-corrected chi connectivity index (χ3v) is 1.36. The van der Waals surface area contributed by atoms with Gasteiger partial charge < -0.3 is 36.8 Å².